The van der Waals surface area contributed by atoms with Crippen molar-refractivity contribution in [3.8, 4) is 0 Å². The molecule has 2 bridgehead atoms. The number of ether oxygens (including phenoxy) is 3. The Morgan fingerprint density at radius 3 is 2.62 bits per heavy atom. The summed E-state index contributed by atoms with van der Waals surface area (Å²) < 4.78 is 49.2. The SMILES string of the molecule is COC(=O)C1CC2(C)C(OS(=O)(=O)c3ccc(C)cc3)CCCC23OCCC1O3. The summed E-state index contributed by atoms with van der Waals surface area (Å²) in [5.74, 6) is -1.74. The highest BCUT2D eigenvalue weighted by Crippen LogP contribution is 2.58. The van der Waals surface area contributed by atoms with Gasteiger partial charge in [-0.05, 0) is 44.7 Å². The van der Waals surface area contributed by atoms with Gasteiger partial charge in [0, 0.05) is 6.42 Å². The topological polar surface area (TPSA) is 88.1 Å². The van der Waals surface area contributed by atoms with Crippen LogP contribution >= 0.6 is 0 Å². The third-order valence-corrected chi connectivity index (χ3v) is 8.12. The maximum atomic E-state index is 13.0. The van der Waals surface area contributed by atoms with E-state index >= 15 is 0 Å². The third kappa shape index (κ3) is 3.40. The number of methoxy groups -OCH3 is 1. The van der Waals surface area contributed by atoms with Gasteiger partial charge in [-0.3, -0.25) is 8.98 Å². The molecule has 5 unspecified atom stereocenters. The van der Waals surface area contributed by atoms with Gasteiger partial charge >= 0.3 is 5.97 Å². The Labute approximate surface area is 171 Å². The lowest BCUT2D eigenvalue weighted by Crippen LogP contribution is -2.68. The summed E-state index contributed by atoms with van der Waals surface area (Å²) in [7, 11) is -2.60. The van der Waals surface area contributed by atoms with Gasteiger partial charge in [-0.15, -0.1) is 0 Å². The lowest BCUT2D eigenvalue weighted by molar-refractivity contribution is -0.396. The van der Waals surface area contributed by atoms with Gasteiger partial charge in [0.25, 0.3) is 10.1 Å². The molecular formula is C21H28O7S. The number of aryl methyl sites for hydroxylation is 1. The molecular weight excluding hydrogens is 396 g/mol. The fourth-order valence-electron chi connectivity index (χ4n) is 5.09. The number of fused-ring (bicyclic) bond motifs is 1. The summed E-state index contributed by atoms with van der Waals surface area (Å²) in [6.45, 7) is 4.27. The first-order chi connectivity index (χ1) is 13.7. The van der Waals surface area contributed by atoms with Crippen molar-refractivity contribution >= 4 is 16.1 Å². The van der Waals surface area contributed by atoms with Crippen LogP contribution in [0.15, 0.2) is 29.2 Å². The molecule has 1 aromatic carbocycles. The minimum atomic E-state index is -3.97. The second-order valence-electron chi connectivity index (χ2n) is 8.54. The summed E-state index contributed by atoms with van der Waals surface area (Å²) in [5.41, 5.74) is 0.175. The monoisotopic (exact) mass is 424 g/mol. The Balaban J connectivity index is 1.67. The second-order valence-corrected chi connectivity index (χ2v) is 10.1. The van der Waals surface area contributed by atoms with Crippen LogP contribution in [0.1, 0.15) is 44.6 Å². The van der Waals surface area contributed by atoms with Crippen molar-refractivity contribution < 1.29 is 31.6 Å². The minimum absolute atomic E-state index is 0.120. The predicted octanol–water partition coefficient (Wildman–Crippen LogP) is 2.95. The fraction of sp³-hybridized carbons (Fsp3) is 0.667. The number of benzene rings is 1. The third-order valence-electron chi connectivity index (χ3n) is 6.78. The molecule has 29 heavy (non-hydrogen) atoms. The Bertz CT molecular complexity index is 877. The quantitative estimate of drug-likeness (QED) is 0.542. The van der Waals surface area contributed by atoms with Crippen molar-refractivity contribution in [3.63, 3.8) is 0 Å². The van der Waals surface area contributed by atoms with Crippen LogP contribution in [0, 0.1) is 18.3 Å². The van der Waals surface area contributed by atoms with Crippen LogP contribution in [-0.4, -0.2) is 46.1 Å². The molecule has 0 amide bonds. The number of rotatable bonds is 4. The molecule has 8 heteroatoms. The second kappa shape index (κ2) is 7.34. The van der Waals surface area contributed by atoms with Crippen LogP contribution in [0.25, 0.3) is 0 Å². The van der Waals surface area contributed by atoms with Crippen molar-refractivity contribution in [2.24, 2.45) is 11.3 Å². The summed E-state index contributed by atoms with van der Waals surface area (Å²) in [4.78, 5) is 12.5. The van der Waals surface area contributed by atoms with Crippen molar-refractivity contribution in [2.45, 2.75) is 68.8 Å². The molecule has 7 nitrogen and oxygen atoms in total. The van der Waals surface area contributed by atoms with E-state index in [0.29, 0.717) is 32.3 Å². The maximum Gasteiger partial charge on any atom is 0.311 e. The number of carbonyl (C=O) groups excluding carboxylic acids is 1. The van der Waals surface area contributed by atoms with Gasteiger partial charge in [0.1, 0.15) is 0 Å². The molecule has 2 saturated heterocycles. The van der Waals surface area contributed by atoms with E-state index in [1.54, 1.807) is 24.3 Å². The van der Waals surface area contributed by atoms with Crippen LogP contribution in [0.3, 0.4) is 0 Å². The molecule has 160 valence electrons. The lowest BCUT2D eigenvalue weighted by atomic mass is 9.61. The minimum Gasteiger partial charge on any atom is -0.469 e. The van der Waals surface area contributed by atoms with Gasteiger partial charge < -0.3 is 14.2 Å². The van der Waals surface area contributed by atoms with Crippen LogP contribution in [0.2, 0.25) is 0 Å². The zero-order valence-corrected chi connectivity index (χ0v) is 17.9. The first-order valence-corrected chi connectivity index (χ1v) is 11.5. The van der Waals surface area contributed by atoms with E-state index < -0.39 is 33.3 Å². The molecule has 1 aromatic rings. The van der Waals surface area contributed by atoms with E-state index in [4.69, 9.17) is 18.4 Å². The number of carbonyl (C=O) groups is 1. The lowest BCUT2D eigenvalue weighted by Gasteiger charge is -2.61. The van der Waals surface area contributed by atoms with Gasteiger partial charge in [0.2, 0.25) is 0 Å². The van der Waals surface area contributed by atoms with Crippen molar-refractivity contribution in [3.05, 3.63) is 29.8 Å². The molecule has 4 rings (SSSR count). The number of hydrogen-bond acceptors (Lipinski definition) is 7. The van der Waals surface area contributed by atoms with E-state index in [9.17, 15) is 13.2 Å². The zero-order chi connectivity index (χ0) is 20.9. The van der Waals surface area contributed by atoms with Crippen LogP contribution in [0.4, 0.5) is 0 Å². The van der Waals surface area contributed by atoms with Gasteiger partial charge in [0.15, 0.2) is 5.79 Å². The van der Waals surface area contributed by atoms with Gasteiger partial charge in [-0.25, -0.2) is 0 Å². The van der Waals surface area contributed by atoms with Crippen LogP contribution in [0.5, 0.6) is 0 Å². The van der Waals surface area contributed by atoms with Gasteiger partial charge in [-0.1, -0.05) is 24.6 Å². The molecule has 5 atom stereocenters. The average molecular weight is 425 g/mol. The normalized spacial score (nSPS) is 36.9. The van der Waals surface area contributed by atoms with Crippen molar-refractivity contribution in [2.75, 3.05) is 13.7 Å². The Morgan fingerprint density at radius 1 is 1.21 bits per heavy atom. The molecule has 3 aliphatic rings. The molecule has 0 N–H and O–H groups in total. The highest BCUT2D eigenvalue weighted by Gasteiger charge is 2.65. The number of esters is 1. The standard InChI is InChI=1S/C21H28O7S/c1-14-6-8-15(9-7-14)29(23,24)28-18-5-4-11-21-20(18,2)13-16(19(22)25-3)17(27-21)10-12-26-21/h6-9,16-18H,4-5,10-13H2,1-3H3. The number of hydrogen-bond donors (Lipinski definition) is 0. The van der Waals surface area contributed by atoms with E-state index in [1.807, 2.05) is 13.8 Å². The van der Waals surface area contributed by atoms with E-state index in [1.165, 1.54) is 7.11 Å². The van der Waals surface area contributed by atoms with Gasteiger partial charge in [0.05, 0.1) is 42.2 Å². The van der Waals surface area contributed by atoms with E-state index in [2.05, 4.69) is 0 Å². The fourth-order valence-corrected chi connectivity index (χ4v) is 6.29. The predicted molar refractivity (Wildman–Crippen MR) is 103 cm³/mol. The first kappa shape index (κ1) is 20.8. The van der Waals surface area contributed by atoms with Gasteiger partial charge in [-0.2, -0.15) is 8.42 Å². The highest BCUT2D eigenvalue weighted by atomic mass is 32.2. The average Bonchev–Trinajstić information content (AvgIpc) is 2.69. The molecule has 3 fully saturated rings. The highest BCUT2D eigenvalue weighted by molar-refractivity contribution is 7.86. The Morgan fingerprint density at radius 2 is 1.93 bits per heavy atom. The van der Waals surface area contributed by atoms with E-state index in [-0.39, 0.29) is 17.0 Å². The molecule has 1 spiro atoms. The molecule has 1 saturated carbocycles. The summed E-state index contributed by atoms with van der Waals surface area (Å²) in [5, 5.41) is 0. The van der Waals surface area contributed by atoms with Crippen molar-refractivity contribution in [1.82, 2.24) is 0 Å². The smallest absolute Gasteiger partial charge is 0.311 e. The summed E-state index contributed by atoms with van der Waals surface area (Å²) in [6, 6.07) is 6.58. The van der Waals surface area contributed by atoms with E-state index in [0.717, 1.165) is 12.0 Å². The Hall–Kier alpha value is -1.48. The zero-order valence-electron chi connectivity index (χ0n) is 17.1. The molecule has 2 heterocycles. The Kier molecular flexibility index (Phi) is 5.26. The largest absolute Gasteiger partial charge is 0.469 e. The molecule has 2 aliphatic heterocycles. The summed E-state index contributed by atoms with van der Waals surface area (Å²) >= 11 is 0. The van der Waals surface area contributed by atoms with Crippen molar-refractivity contribution in [1.29, 1.82) is 0 Å². The maximum absolute atomic E-state index is 13.0. The molecule has 0 aromatic heterocycles. The summed E-state index contributed by atoms with van der Waals surface area (Å²) in [6.07, 6.45) is 2.00. The first-order valence-electron chi connectivity index (χ1n) is 10.1. The molecule has 1 aliphatic carbocycles. The van der Waals surface area contributed by atoms with Crippen LogP contribution in [-0.2, 0) is 33.3 Å². The molecule has 0 radical (unpaired) electrons. The van der Waals surface area contributed by atoms with Crippen LogP contribution < -0.4 is 0 Å².